The Morgan fingerprint density at radius 1 is 0.974 bits per heavy atom. The number of methoxy groups -OCH3 is 1. The van der Waals surface area contributed by atoms with E-state index in [0.717, 1.165) is 11.1 Å². The van der Waals surface area contributed by atoms with Gasteiger partial charge in [0, 0.05) is 30.3 Å². The average Bonchev–Trinajstić information content (AvgIpc) is 2.93. The van der Waals surface area contributed by atoms with Crippen LogP contribution in [0.2, 0.25) is 5.02 Å². The van der Waals surface area contributed by atoms with Crippen molar-refractivity contribution >= 4 is 45.5 Å². The summed E-state index contributed by atoms with van der Waals surface area (Å²) in [5.41, 5.74) is 7.92. The lowest BCUT2D eigenvalue weighted by Crippen LogP contribution is -2.36. The number of aryl methyl sites for hydroxylation is 1. The summed E-state index contributed by atoms with van der Waals surface area (Å²) in [6.45, 7) is 2.38. The lowest BCUT2D eigenvalue weighted by Gasteiger charge is -2.16. The fourth-order valence-electron chi connectivity index (χ4n) is 4.10. The third-order valence-corrected chi connectivity index (χ3v) is 6.53. The highest BCUT2D eigenvalue weighted by Gasteiger charge is 2.22. The van der Waals surface area contributed by atoms with Gasteiger partial charge in [0.1, 0.15) is 28.6 Å². The van der Waals surface area contributed by atoms with Gasteiger partial charge in [-0.15, -0.1) is 0 Å². The van der Waals surface area contributed by atoms with E-state index in [1.54, 1.807) is 42.6 Å². The van der Waals surface area contributed by atoms with Gasteiger partial charge in [-0.2, -0.15) is 0 Å². The largest absolute Gasteiger partial charge is 0.496 e. The number of carbonyl (C=O) groups is 1. The van der Waals surface area contributed by atoms with Crippen LogP contribution < -0.4 is 36.7 Å². The number of hydrogen-bond acceptors (Lipinski definition) is 8. The lowest BCUT2D eigenvalue weighted by molar-refractivity contribution is 0.0997. The number of pyridine rings is 1. The van der Waals surface area contributed by atoms with Crippen molar-refractivity contribution in [2.75, 3.05) is 17.7 Å². The molecule has 1 aromatic heterocycles. The highest BCUT2D eigenvalue weighted by atomic mass is 35.5. The van der Waals surface area contributed by atoms with Crippen LogP contribution in [-0.4, -0.2) is 18.0 Å². The van der Waals surface area contributed by atoms with E-state index in [1.165, 1.54) is 7.11 Å². The number of anilines is 3. The maximum atomic E-state index is 12.3. The van der Waals surface area contributed by atoms with Crippen LogP contribution in [0.1, 0.15) is 21.5 Å². The summed E-state index contributed by atoms with van der Waals surface area (Å²) in [5.74, 6) is 0.487. The van der Waals surface area contributed by atoms with E-state index in [1.807, 2.05) is 31.2 Å². The molecule has 4 N–H and O–H groups in total. The second-order valence-electron chi connectivity index (χ2n) is 8.86. The number of carbonyl (C=O) groups excluding carboxylic acids is 1. The van der Waals surface area contributed by atoms with Crippen LogP contribution >= 0.6 is 11.6 Å². The van der Waals surface area contributed by atoms with E-state index in [-0.39, 0.29) is 22.0 Å². The molecule has 4 aromatic carbocycles. The molecule has 196 valence electrons. The third-order valence-electron chi connectivity index (χ3n) is 6.22. The number of benzene rings is 3. The molecule has 5 rings (SSSR count). The summed E-state index contributed by atoms with van der Waals surface area (Å²) in [6.07, 6.45) is 1.56. The molecule has 10 heteroatoms. The number of nitrogens with two attached hydrogens (primary N) is 1. The normalized spacial score (nSPS) is 10.9. The van der Waals surface area contributed by atoms with Crippen molar-refractivity contribution in [3.05, 3.63) is 109 Å². The SMILES string of the molecule is COc1cc2nccc(Oc3ccc(Nc4c(NCc5ccc(C)cc5)c(=O)c4=O)c(Cl)c3)c2cc1C(N)=O. The molecule has 0 saturated heterocycles. The third kappa shape index (κ3) is 5.12. The molecule has 0 bridgehead atoms. The molecule has 0 saturated carbocycles. The van der Waals surface area contributed by atoms with Crippen LogP contribution in [0.5, 0.6) is 17.2 Å². The Bertz CT molecular complexity index is 1790. The summed E-state index contributed by atoms with van der Waals surface area (Å²) in [4.78, 5) is 40.7. The molecule has 1 amide bonds. The molecule has 5 aromatic rings. The van der Waals surface area contributed by atoms with Crippen LogP contribution in [0.15, 0.2) is 76.4 Å². The zero-order valence-corrected chi connectivity index (χ0v) is 21.8. The van der Waals surface area contributed by atoms with Crippen LogP contribution in [0.25, 0.3) is 10.9 Å². The van der Waals surface area contributed by atoms with Crippen molar-refractivity contribution in [3.63, 3.8) is 0 Å². The second-order valence-corrected chi connectivity index (χ2v) is 9.27. The Labute approximate surface area is 227 Å². The number of fused-ring (bicyclic) bond motifs is 1. The maximum Gasteiger partial charge on any atom is 0.253 e. The molecule has 0 spiro atoms. The number of ether oxygens (including phenoxy) is 2. The average molecular weight is 543 g/mol. The van der Waals surface area contributed by atoms with Gasteiger partial charge in [0.2, 0.25) is 0 Å². The Morgan fingerprint density at radius 2 is 1.72 bits per heavy atom. The standard InChI is InChI=1S/C29H23ClN4O5/c1-15-3-5-16(6-4-15)14-33-25-26(28(36)27(25)35)34-21-8-7-17(11-20(21)30)39-23-9-10-32-22-13-24(38-2)19(29(31)37)12-18(22)23/h3-13,33-34H,14H2,1-2H3,(H2,31,37). The highest BCUT2D eigenvalue weighted by molar-refractivity contribution is 6.33. The molecular formula is C29H23ClN4O5. The predicted molar refractivity (Wildman–Crippen MR) is 151 cm³/mol. The summed E-state index contributed by atoms with van der Waals surface area (Å²) < 4.78 is 11.3. The van der Waals surface area contributed by atoms with Gasteiger partial charge < -0.3 is 25.8 Å². The fraction of sp³-hybridized carbons (Fsp3) is 0.103. The van der Waals surface area contributed by atoms with Crippen molar-refractivity contribution < 1.29 is 14.3 Å². The molecule has 0 unspecified atom stereocenters. The van der Waals surface area contributed by atoms with E-state index in [2.05, 4.69) is 15.6 Å². The van der Waals surface area contributed by atoms with Gasteiger partial charge in [0.05, 0.1) is 28.9 Å². The predicted octanol–water partition coefficient (Wildman–Crippen LogP) is 5.05. The number of rotatable bonds is 9. The molecule has 39 heavy (non-hydrogen) atoms. The zero-order valence-electron chi connectivity index (χ0n) is 21.0. The fourth-order valence-corrected chi connectivity index (χ4v) is 4.31. The highest BCUT2D eigenvalue weighted by Crippen LogP contribution is 2.36. The first-order valence-electron chi connectivity index (χ1n) is 11.9. The van der Waals surface area contributed by atoms with Gasteiger partial charge in [-0.1, -0.05) is 41.4 Å². The number of primary amides is 1. The molecule has 1 heterocycles. The number of halogens is 1. The van der Waals surface area contributed by atoms with Crippen molar-refractivity contribution in [2.24, 2.45) is 5.73 Å². The molecule has 9 nitrogen and oxygen atoms in total. The monoisotopic (exact) mass is 542 g/mol. The number of nitrogens with one attached hydrogen (secondary N) is 2. The van der Waals surface area contributed by atoms with E-state index in [9.17, 15) is 14.4 Å². The number of hydrogen-bond donors (Lipinski definition) is 3. The van der Waals surface area contributed by atoms with Crippen molar-refractivity contribution in [3.8, 4) is 17.2 Å². The van der Waals surface area contributed by atoms with E-state index in [0.29, 0.717) is 40.4 Å². The van der Waals surface area contributed by atoms with E-state index in [4.69, 9.17) is 26.8 Å². The van der Waals surface area contributed by atoms with Crippen LogP contribution in [0.3, 0.4) is 0 Å². The molecule has 0 aliphatic heterocycles. The minimum atomic E-state index is -0.645. The maximum absolute atomic E-state index is 12.3. The first-order valence-corrected chi connectivity index (χ1v) is 12.3. The van der Waals surface area contributed by atoms with Gasteiger partial charge in [-0.3, -0.25) is 19.4 Å². The smallest absolute Gasteiger partial charge is 0.253 e. The van der Waals surface area contributed by atoms with Gasteiger partial charge in [0.25, 0.3) is 16.8 Å². The lowest BCUT2D eigenvalue weighted by atomic mass is 10.1. The second kappa shape index (κ2) is 10.5. The van der Waals surface area contributed by atoms with E-state index < -0.39 is 16.8 Å². The van der Waals surface area contributed by atoms with Gasteiger partial charge in [-0.25, -0.2) is 0 Å². The Kier molecular flexibility index (Phi) is 6.91. The first-order chi connectivity index (χ1) is 18.7. The van der Waals surface area contributed by atoms with Gasteiger partial charge >= 0.3 is 0 Å². The molecule has 0 radical (unpaired) electrons. The Morgan fingerprint density at radius 3 is 2.41 bits per heavy atom. The minimum Gasteiger partial charge on any atom is -0.496 e. The minimum absolute atomic E-state index is 0.149. The Hall–Kier alpha value is -4.89. The van der Waals surface area contributed by atoms with Crippen molar-refractivity contribution in [2.45, 2.75) is 13.5 Å². The first kappa shape index (κ1) is 25.7. The van der Waals surface area contributed by atoms with Crippen LogP contribution in [0.4, 0.5) is 17.1 Å². The van der Waals surface area contributed by atoms with Gasteiger partial charge in [-0.05, 0) is 36.8 Å². The van der Waals surface area contributed by atoms with Crippen LogP contribution in [0, 0.1) is 6.92 Å². The zero-order chi connectivity index (χ0) is 27.7. The molecule has 0 aliphatic rings. The molecule has 0 aliphatic carbocycles. The number of nitrogens with zero attached hydrogens (tertiary/aromatic N) is 1. The molecule has 0 atom stereocenters. The van der Waals surface area contributed by atoms with Gasteiger partial charge in [0.15, 0.2) is 0 Å². The molecular weight excluding hydrogens is 520 g/mol. The molecule has 0 fully saturated rings. The number of aromatic nitrogens is 1. The number of amides is 1. The van der Waals surface area contributed by atoms with Crippen molar-refractivity contribution in [1.29, 1.82) is 0 Å². The van der Waals surface area contributed by atoms with E-state index >= 15 is 0 Å². The summed E-state index contributed by atoms with van der Waals surface area (Å²) >= 11 is 6.49. The van der Waals surface area contributed by atoms with Crippen LogP contribution in [-0.2, 0) is 6.54 Å². The van der Waals surface area contributed by atoms with Crippen molar-refractivity contribution in [1.82, 2.24) is 4.98 Å². The summed E-state index contributed by atoms with van der Waals surface area (Å²) in [5, 5.41) is 6.82. The topological polar surface area (TPSA) is 133 Å². The quantitative estimate of drug-likeness (QED) is 0.220. The summed E-state index contributed by atoms with van der Waals surface area (Å²) in [6, 6.07) is 17.5. The Balaban J connectivity index is 1.36. The summed E-state index contributed by atoms with van der Waals surface area (Å²) in [7, 11) is 1.44.